The van der Waals surface area contributed by atoms with E-state index in [1.165, 1.54) is 16.7 Å². The van der Waals surface area contributed by atoms with Gasteiger partial charge in [-0.15, -0.1) is 0 Å². The van der Waals surface area contributed by atoms with E-state index in [-0.39, 0.29) is 11.8 Å². The van der Waals surface area contributed by atoms with Crippen molar-refractivity contribution in [1.82, 2.24) is 4.90 Å². The van der Waals surface area contributed by atoms with Gasteiger partial charge in [-0.2, -0.15) is 11.3 Å². The fourth-order valence-corrected chi connectivity index (χ4v) is 4.14. The van der Waals surface area contributed by atoms with E-state index < -0.39 is 0 Å². The normalized spacial score (nSPS) is 13.7. The number of carbonyl (C=O) groups excluding carboxylic acids is 1. The van der Waals surface area contributed by atoms with Crippen LogP contribution in [0.25, 0.3) is 0 Å². The number of amides is 1. The van der Waals surface area contributed by atoms with Crippen molar-refractivity contribution in [3.05, 3.63) is 94.2 Å². The molecule has 0 bridgehead atoms. The maximum Gasteiger partial charge on any atom is 0.224 e. The van der Waals surface area contributed by atoms with Crippen molar-refractivity contribution in [2.24, 2.45) is 0 Å². The van der Waals surface area contributed by atoms with Crippen LogP contribution in [0.1, 0.15) is 41.9 Å². The minimum absolute atomic E-state index is 0.105. The molecule has 0 radical (unpaired) electrons. The molecular formula is C23H23NOS. The van der Waals surface area contributed by atoms with Crippen molar-refractivity contribution in [2.75, 3.05) is 0 Å². The summed E-state index contributed by atoms with van der Waals surface area (Å²) in [4.78, 5) is 15.3. The van der Waals surface area contributed by atoms with Gasteiger partial charge in [0.05, 0.1) is 0 Å². The molecule has 0 N–H and O–H groups in total. The molecule has 3 aromatic rings. The zero-order valence-corrected chi connectivity index (χ0v) is 15.6. The Bertz CT molecular complexity index is 786. The Morgan fingerprint density at radius 2 is 1.58 bits per heavy atom. The zero-order valence-electron chi connectivity index (χ0n) is 14.8. The molecule has 0 aliphatic heterocycles. The van der Waals surface area contributed by atoms with Crippen LogP contribution in [0.15, 0.2) is 77.5 Å². The van der Waals surface area contributed by atoms with Gasteiger partial charge in [0.2, 0.25) is 5.91 Å². The molecule has 1 fully saturated rings. The Hall–Kier alpha value is -2.39. The predicted molar refractivity (Wildman–Crippen MR) is 107 cm³/mol. The van der Waals surface area contributed by atoms with E-state index in [9.17, 15) is 4.79 Å². The summed E-state index contributed by atoms with van der Waals surface area (Å²) < 4.78 is 0. The van der Waals surface area contributed by atoms with Gasteiger partial charge in [0.1, 0.15) is 0 Å². The Labute approximate surface area is 159 Å². The summed E-state index contributed by atoms with van der Waals surface area (Å²) in [5.41, 5.74) is 3.66. The Kier molecular flexibility index (Phi) is 5.16. The summed E-state index contributed by atoms with van der Waals surface area (Å²) in [6.45, 7) is 0.739. The van der Waals surface area contributed by atoms with Gasteiger partial charge >= 0.3 is 0 Å². The monoisotopic (exact) mass is 361 g/mol. The molecule has 0 saturated heterocycles. The number of carbonyl (C=O) groups is 1. The second kappa shape index (κ2) is 7.88. The van der Waals surface area contributed by atoms with Crippen molar-refractivity contribution in [2.45, 2.75) is 37.8 Å². The van der Waals surface area contributed by atoms with Crippen molar-refractivity contribution in [3.8, 4) is 0 Å². The minimum atomic E-state index is 0.105. The molecule has 0 unspecified atom stereocenters. The SMILES string of the molecule is O=C(CC(c1ccccc1)c1ccccc1)N(Cc1ccsc1)C1CC1. The zero-order chi connectivity index (χ0) is 17.8. The molecule has 2 nitrogen and oxygen atoms in total. The van der Waals surface area contributed by atoms with E-state index in [4.69, 9.17) is 0 Å². The third-order valence-corrected chi connectivity index (χ3v) is 5.76. The van der Waals surface area contributed by atoms with E-state index >= 15 is 0 Å². The molecule has 1 aromatic heterocycles. The number of benzene rings is 2. The van der Waals surface area contributed by atoms with Crippen LogP contribution in [0.4, 0.5) is 0 Å². The highest BCUT2D eigenvalue weighted by atomic mass is 32.1. The second-order valence-electron chi connectivity index (χ2n) is 6.96. The first kappa shape index (κ1) is 17.0. The second-order valence-corrected chi connectivity index (χ2v) is 7.74. The van der Waals surface area contributed by atoms with Crippen molar-refractivity contribution in [3.63, 3.8) is 0 Å². The molecule has 1 saturated carbocycles. The lowest BCUT2D eigenvalue weighted by molar-refractivity contribution is -0.132. The topological polar surface area (TPSA) is 20.3 Å². The number of rotatable bonds is 7. The fourth-order valence-electron chi connectivity index (χ4n) is 3.48. The van der Waals surface area contributed by atoms with Gasteiger partial charge in [0.25, 0.3) is 0 Å². The first-order valence-corrected chi connectivity index (χ1v) is 10.2. The molecule has 2 aromatic carbocycles. The first-order chi connectivity index (χ1) is 12.8. The highest BCUT2D eigenvalue weighted by Crippen LogP contribution is 2.33. The molecule has 132 valence electrons. The summed E-state index contributed by atoms with van der Waals surface area (Å²) in [6, 6.07) is 23.3. The van der Waals surface area contributed by atoms with Crippen molar-refractivity contribution in [1.29, 1.82) is 0 Å². The van der Waals surface area contributed by atoms with Gasteiger partial charge < -0.3 is 4.90 Å². The number of hydrogen-bond donors (Lipinski definition) is 0. The smallest absolute Gasteiger partial charge is 0.224 e. The summed E-state index contributed by atoms with van der Waals surface area (Å²) in [5.74, 6) is 0.366. The van der Waals surface area contributed by atoms with Crippen molar-refractivity contribution < 1.29 is 4.79 Å². The van der Waals surface area contributed by atoms with Crippen LogP contribution in [-0.4, -0.2) is 16.8 Å². The van der Waals surface area contributed by atoms with Crippen LogP contribution in [0, 0.1) is 0 Å². The number of nitrogens with zero attached hydrogens (tertiary/aromatic N) is 1. The molecule has 4 rings (SSSR count). The van der Waals surface area contributed by atoms with E-state index in [0.717, 1.165) is 19.4 Å². The third kappa shape index (κ3) is 4.05. The molecule has 0 spiro atoms. The van der Waals surface area contributed by atoms with E-state index in [2.05, 4.69) is 70.3 Å². The van der Waals surface area contributed by atoms with Crippen LogP contribution in [0.3, 0.4) is 0 Å². The summed E-state index contributed by atoms with van der Waals surface area (Å²) in [5, 5.41) is 4.23. The maximum atomic E-state index is 13.2. The lowest BCUT2D eigenvalue weighted by atomic mass is 9.88. The highest BCUT2D eigenvalue weighted by molar-refractivity contribution is 7.07. The summed E-state index contributed by atoms with van der Waals surface area (Å²) >= 11 is 1.70. The number of hydrogen-bond acceptors (Lipinski definition) is 2. The van der Waals surface area contributed by atoms with E-state index in [0.29, 0.717) is 12.5 Å². The summed E-state index contributed by atoms with van der Waals surface area (Å²) in [6.07, 6.45) is 2.79. The highest BCUT2D eigenvalue weighted by Gasteiger charge is 2.33. The van der Waals surface area contributed by atoms with Crippen LogP contribution >= 0.6 is 11.3 Å². The molecule has 1 aliphatic carbocycles. The Morgan fingerprint density at radius 1 is 0.962 bits per heavy atom. The molecule has 3 heteroatoms. The Balaban J connectivity index is 1.57. The van der Waals surface area contributed by atoms with Gasteiger partial charge in [-0.1, -0.05) is 60.7 Å². The molecule has 1 heterocycles. The average molecular weight is 362 g/mol. The Morgan fingerprint density at radius 3 is 2.08 bits per heavy atom. The van der Waals surface area contributed by atoms with Gasteiger partial charge in [-0.25, -0.2) is 0 Å². The molecular weight excluding hydrogens is 338 g/mol. The first-order valence-electron chi connectivity index (χ1n) is 9.21. The molecule has 26 heavy (non-hydrogen) atoms. The summed E-state index contributed by atoms with van der Waals surface area (Å²) in [7, 11) is 0. The number of thiophene rings is 1. The van der Waals surface area contributed by atoms with Gasteiger partial charge in [-0.3, -0.25) is 4.79 Å². The lowest BCUT2D eigenvalue weighted by Gasteiger charge is -2.25. The van der Waals surface area contributed by atoms with Crippen molar-refractivity contribution >= 4 is 17.2 Å². The van der Waals surface area contributed by atoms with Crippen LogP contribution in [0.2, 0.25) is 0 Å². The maximum absolute atomic E-state index is 13.2. The molecule has 1 aliphatic rings. The largest absolute Gasteiger partial charge is 0.335 e. The van der Waals surface area contributed by atoms with Crippen LogP contribution in [0.5, 0.6) is 0 Å². The molecule has 1 amide bonds. The quantitative estimate of drug-likeness (QED) is 0.547. The molecule has 0 atom stereocenters. The van der Waals surface area contributed by atoms with Gasteiger partial charge in [0.15, 0.2) is 0 Å². The van der Waals surface area contributed by atoms with Crippen LogP contribution in [-0.2, 0) is 11.3 Å². The minimum Gasteiger partial charge on any atom is -0.335 e. The van der Waals surface area contributed by atoms with Gasteiger partial charge in [-0.05, 0) is 46.4 Å². The van der Waals surface area contributed by atoms with E-state index in [1.54, 1.807) is 11.3 Å². The van der Waals surface area contributed by atoms with E-state index in [1.807, 2.05) is 12.1 Å². The average Bonchev–Trinajstić information content (AvgIpc) is 3.40. The lowest BCUT2D eigenvalue weighted by Crippen LogP contribution is -2.33. The van der Waals surface area contributed by atoms with Crippen LogP contribution < -0.4 is 0 Å². The third-order valence-electron chi connectivity index (χ3n) is 5.02. The predicted octanol–water partition coefficient (Wildman–Crippen LogP) is 5.46. The van der Waals surface area contributed by atoms with Gasteiger partial charge in [0, 0.05) is 24.9 Å². The fraction of sp³-hybridized carbons (Fsp3) is 0.261. The standard InChI is InChI=1S/C23H23NOS/c25-23(24(21-11-12-21)16-18-13-14-26-17-18)15-22(19-7-3-1-4-8-19)20-9-5-2-6-10-20/h1-10,13-14,17,21-22H,11-12,15-16H2.